The first-order valence-electron chi connectivity index (χ1n) is 3.89. The van der Waals surface area contributed by atoms with Gasteiger partial charge in [0.15, 0.2) is 0 Å². The quantitative estimate of drug-likeness (QED) is 0.694. The number of imidazole rings is 1. The van der Waals surface area contributed by atoms with Crippen LogP contribution in [0.3, 0.4) is 0 Å². The molecule has 0 atom stereocenters. The first-order valence-corrected chi connectivity index (χ1v) is 3.89. The Bertz CT molecular complexity index is 516. The molecule has 0 spiro atoms. The largest absolute Gasteiger partial charge is 0.475 e. The van der Waals surface area contributed by atoms with E-state index in [4.69, 9.17) is 5.11 Å². The van der Waals surface area contributed by atoms with E-state index in [1.807, 2.05) is 0 Å². The smallest absolute Gasteiger partial charge is 0.371 e. The number of carbonyl (C=O) groups excluding carboxylic acids is 1. The van der Waals surface area contributed by atoms with Gasteiger partial charge >= 0.3 is 5.97 Å². The van der Waals surface area contributed by atoms with Crippen LogP contribution < -0.4 is 0 Å². The molecule has 2 N–H and O–H groups in total. The summed E-state index contributed by atoms with van der Waals surface area (Å²) in [6.45, 7) is 0. The van der Waals surface area contributed by atoms with Crippen molar-refractivity contribution in [3.63, 3.8) is 0 Å². The van der Waals surface area contributed by atoms with Crippen molar-refractivity contribution in [1.82, 2.24) is 9.97 Å². The summed E-state index contributed by atoms with van der Waals surface area (Å²) in [6, 6.07) is 4.74. The minimum Gasteiger partial charge on any atom is -0.475 e. The number of aldehydes is 1. The number of fused-ring (bicyclic) bond motifs is 1. The molecule has 0 fully saturated rings. The Morgan fingerprint density at radius 1 is 1.50 bits per heavy atom. The predicted octanol–water partition coefficient (Wildman–Crippen LogP) is 1.07. The lowest BCUT2D eigenvalue weighted by Crippen LogP contribution is -1.97. The Hall–Kier alpha value is -2.17. The number of H-pyrrole nitrogens is 1. The molecule has 0 aliphatic carbocycles. The average molecular weight is 190 g/mol. The maximum Gasteiger partial charge on any atom is 0.371 e. The van der Waals surface area contributed by atoms with Crippen LogP contribution in [0.15, 0.2) is 18.2 Å². The Labute approximate surface area is 78.4 Å². The van der Waals surface area contributed by atoms with Crippen molar-refractivity contribution >= 4 is 23.3 Å². The normalized spacial score (nSPS) is 10.3. The van der Waals surface area contributed by atoms with Crippen molar-refractivity contribution in [3.8, 4) is 0 Å². The highest BCUT2D eigenvalue weighted by molar-refractivity contribution is 5.91. The number of hydrogen-bond acceptors (Lipinski definition) is 3. The highest BCUT2D eigenvalue weighted by Gasteiger charge is 2.08. The maximum atomic E-state index is 10.6. The highest BCUT2D eigenvalue weighted by Crippen LogP contribution is 2.12. The molecule has 0 bridgehead atoms. The van der Waals surface area contributed by atoms with Gasteiger partial charge in [-0.05, 0) is 18.2 Å². The van der Waals surface area contributed by atoms with E-state index in [2.05, 4.69) is 9.97 Å². The van der Waals surface area contributed by atoms with Gasteiger partial charge in [-0.15, -0.1) is 0 Å². The molecule has 1 heterocycles. The average Bonchev–Trinajstić information content (AvgIpc) is 2.59. The number of rotatable bonds is 2. The van der Waals surface area contributed by atoms with Gasteiger partial charge in [-0.3, -0.25) is 4.79 Å². The fraction of sp³-hybridized carbons (Fsp3) is 0. The lowest BCUT2D eigenvalue weighted by atomic mass is 10.2. The van der Waals surface area contributed by atoms with Gasteiger partial charge in [0, 0.05) is 5.56 Å². The third kappa shape index (κ3) is 1.24. The molecule has 1 aromatic heterocycles. The minimum absolute atomic E-state index is 0.122. The van der Waals surface area contributed by atoms with Gasteiger partial charge in [0.1, 0.15) is 6.29 Å². The molecular weight excluding hydrogens is 184 g/mol. The molecule has 2 rings (SSSR count). The van der Waals surface area contributed by atoms with Crippen molar-refractivity contribution in [2.45, 2.75) is 0 Å². The molecule has 5 nitrogen and oxygen atoms in total. The van der Waals surface area contributed by atoms with Crippen LogP contribution in [-0.2, 0) is 0 Å². The van der Waals surface area contributed by atoms with Crippen LogP contribution in [-0.4, -0.2) is 27.3 Å². The summed E-state index contributed by atoms with van der Waals surface area (Å²) in [5, 5.41) is 8.65. The number of carboxylic acids is 1. The molecule has 1 aromatic carbocycles. The third-order valence-electron chi connectivity index (χ3n) is 1.84. The van der Waals surface area contributed by atoms with Gasteiger partial charge in [-0.1, -0.05) is 0 Å². The van der Waals surface area contributed by atoms with Crippen LogP contribution in [0, 0.1) is 0 Å². The Kier molecular flexibility index (Phi) is 1.78. The fourth-order valence-electron chi connectivity index (χ4n) is 1.20. The Morgan fingerprint density at radius 2 is 2.29 bits per heavy atom. The molecule has 70 valence electrons. The second-order valence-electron chi connectivity index (χ2n) is 2.79. The summed E-state index contributed by atoms with van der Waals surface area (Å²) < 4.78 is 0. The first kappa shape index (κ1) is 8.43. The van der Waals surface area contributed by atoms with Crippen LogP contribution in [0.4, 0.5) is 0 Å². The van der Waals surface area contributed by atoms with E-state index in [-0.39, 0.29) is 5.82 Å². The van der Waals surface area contributed by atoms with Crippen molar-refractivity contribution in [3.05, 3.63) is 29.6 Å². The zero-order valence-electron chi connectivity index (χ0n) is 7.02. The second-order valence-corrected chi connectivity index (χ2v) is 2.79. The summed E-state index contributed by atoms with van der Waals surface area (Å²) in [6.07, 6.45) is 0.695. The molecule has 0 aliphatic rings. The molecular formula is C9H6N2O3. The number of aromatic amines is 1. The monoisotopic (exact) mass is 190 g/mol. The van der Waals surface area contributed by atoms with Gasteiger partial charge in [-0.25, -0.2) is 9.78 Å². The molecule has 14 heavy (non-hydrogen) atoms. The summed E-state index contributed by atoms with van der Waals surface area (Å²) in [7, 11) is 0. The van der Waals surface area contributed by atoms with Crippen molar-refractivity contribution in [2.75, 3.05) is 0 Å². The van der Waals surface area contributed by atoms with Crippen LogP contribution in [0.25, 0.3) is 11.0 Å². The lowest BCUT2D eigenvalue weighted by Gasteiger charge is -1.88. The number of carbonyl (C=O) groups is 2. The van der Waals surface area contributed by atoms with Crippen LogP contribution in [0.1, 0.15) is 21.0 Å². The van der Waals surface area contributed by atoms with Crippen molar-refractivity contribution in [2.24, 2.45) is 0 Å². The number of hydrogen-bond donors (Lipinski definition) is 2. The van der Waals surface area contributed by atoms with E-state index in [1.165, 1.54) is 0 Å². The molecule has 0 aliphatic heterocycles. The highest BCUT2D eigenvalue weighted by atomic mass is 16.4. The van der Waals surface area contributed by atoms with Gasteiger partial charge in [0.25, 0.3) is 0 Å². The fourth-order valence-corrected chi connectivity index (χ4v) is 1.20. The second kappa shape index (κ2) is 2.95. The summed E-state index contributed by atoms with van der Waals surface area (Å²) in [4.78, 5) is 27.4. The lowest BCUT2D eigenvalue weighted by molar-refractivity contribution is 0.0685. The Morgan fingerprint density at radius 3 is 2.93 bits per heavy atom. The molecule has 0 saturated carbocycles. The molecule has 0 saturated heterocycles. The molecule has 0 amide bonds. The summed E-state index contributed by atoms with van der Waals surface area (Å²) in [5.41, 5.74) is 1.57. The first-order chi connectivity index (χ1) is 6.70. The predicted molar refractivity (Wildman–Crippen MR) is 48.4 cm³/mol. The van der Waals surface area contributed by atoms with Crippen LogP contribution in [0.5, 0.6) is 0 Å². The number of benzene rings is 1. The van der Waals surface area contributed by atoms with E-state index in [1.54, 1.807) is 18.2 Å². The van der Waals surface area contributed by atoms with E-state index >= 15 is 0 Å². The summed E-state index contributed by atoms with van der Waals surface area (Å²) >= 11 is 0. The molecule has 0 unspecified atom stereocenters. The Balaban J connectivity index is 2.65. The van der Waals surface area contributed by atoms with Crippen molar-refractivity contribution in [1.29, 1.82) is 0 Å². The third-order valence-corrected chi connectivity index (χ3v) is 1.84. The topological polar surface area (TPSA) is 83.1 Å². The van der Waals surface area contributed by atoms with Gasteiger partial charge in [0.2, 0.25) is 5.82 Å². The van der Waals surface area contributed by atoms with Gasteiger partial charge < -0.3 is 10.1 Å². The standard InChI is InChI=1S/C9H6N2O3/c12-4-5-1-2-6-7(3-5)11-8(10-6)9(13)14/h1-4H,(H,10,11)(H,13,14). The SMILES string of the molecule is O=Cc1ccc2nc(C(=O)O)[nH]c2c1. The van der Waals surface area contributed by atoms with E-state index in [0.717, 1.165) is 0 Å². The summed E-state index contributed by atoms with van der Waals surface area (Å²) in [5.74, 6) is -1.24. The number of aromatic carboxylic acids is 1. The number of aromatic nitrogens is 2. The number of nitrogens with one attached hydrogen (secondary N) is 1. The number of carboxylic acid groups (broad SMARTS) is 1. The van der Waals surface area contributed by atoms with E-state index < -0.39 is 5.97 Å². The number of nitrogens with zero attached hydrogens (tertiary/aromatic N) is 1. The zero-order chi connectivity index (χ0) is 10.1. The molecule has 0 radical (unpaired) electrons. The van der Waals surface area contributed by atoms with Crippen LogP contribution >= 0.6 is 0 Å². The van der Waals surface area contributed by atoms with Crippen molar-refractivity contribution < 1.29 is 14.7 Å². The van der Waals surface area contributed by atoms with Crippen LogP contribution in [0.2, 0.25) is 0 Å². The van der Waals surface area contributed by atoms with Gasteiger partial charge in [-0.2, -0.15) is 0 Å². The maximum absolute atomic E-state index is 10.6. The molecule has 5 heteroatoms. The molecule has 2 aromatic rings. The van der Waals surface area contributed by atoms with Gasteiger partial charge in [0.05, 0.1) is 11.0 Å². The van der Waals surface area contributed by atoms with E-state index in [9.17, 15) is 9.59 Å². The van der Waals surface area contributed by atoms with E-state index in [0.29, 0.717) is 22.9 Å². The minimum atomic E-state index is -1.12. The zero-order valence-corrected chi connectivity index (χ0v) is 7.02.